The largest absolute Gasteiger partial charge is 0.416 e. The van der Waals surface area contributed by atoms with Gasteiger partial charge < -0.3 is 10.6 Å². The molecule has 0 aliphatic heterocycles. The Kier molecular flexibility index (Phi) is 5.97. The van der Waals surface area contributed by atoms with Gasteiger partial charge in [-0.05, 0) is 36.2 Å². The first-order chi connectivity index (χ1) is 12.2. The number of alkyl halides is 3. The van der Waals surface area contributed by atoms with Gasteiger partial charge in [0.15, 0.2) is 0 Å². The molecule has 8 heteroatoms. The van der Waals surface area contributed by atoms with Crippen molar-refractivity contribution in [1.82, 2.24) is 10.3 Å². The predicted molar refractivity (Wildman–Crippen MR) is 90.8 cm³/mol. The van der Waals surface area contributed by atoms with E-state index in [1.165, 1.54) is 30.5 Å². The van der Waals surface area contributed by atoms with Crippen molar-refractivity contribution in [2.75, 3.05) is 11.9 Å². The molecule has 1 aromatic carbocycles. The zero-order chi connectivity index (χ0) is 19.3. The van der Waals surface area contributed by atoms with E-state index in [1.807, 2.05) is 13.8 Å². The van der Waals surface area contributed by atoms with Crippen LogP contribution >= 0.6 is 0 Å². The van der Waals surface area contributed by atoms with Gasteiger partial charge in [0.2, 0.25) is 0 Å². The van der Waals surface area contributed by atoms with Crippen molar-refractivity contribution in [3.8, 4) is 0 Å². The average molecular weight is 365 g/mol. The highest BCUT2D eigenvalue weighted by atomic mass is 19.4. The molecule has 0 saturated carbocycles. The Morgan fingerprint density at radius 1 is 1.12 bits per heavy atom. The molecule has 0 atom stereocenters. The summed E-state index contributed by atoms with van der Waals surface area (Å²) >= 11 is 0. The van der Waals surface area contributed by atoms with Gasteiger partial charge in [-0.1, -0.05) is 19.9 Å². The second-order valence-corrected chi connectivity index (χ2v) is 6.07. The van der Waals surface area contributed by atoms with Crippen LogP contribution in [0.15, 0.2) is 42.6 Å². The molecule has 2 N–H and O–H groups in total. The third kappa shape index (κ3) is 5.30. The number of hydrogen-bond acceptors (Lipinski definition) is 3. The van der Waals surface area contributed by atoms with Crippen LogP contribution in [0.4, 0.5) is 18.9 Å². The predicted octanol–water partition coefficient (Wildman–Crippen LogP) is 3.74. The summed E-state index contributed by atoms with van der Waals surface area (Å²) < 4.78 is 38.2. The van der Waals surface area contributed by atoms with Gasteiger partial charge in [0.05, 0.1) is 5.56 Å². The molecule has 0 saturated heterocycles. The zero-order valence-corrected chi connectivity index (χ0v) is 14.2. The second kappa shape index (κ2) is 7.99. The summed E-state index contributed by atoms with van der Waals surface area (Å²) in [6.45, 7) is 4.37. The van der Waals surface area contributed by atoms with E-state index < -0.39 is 17.6 Å². The average Bonchev–Trinajstić information content (AvgIpc) is 2.59. The standard InChI is InChI=1S/C18H18F3N3O2/c1-11(2)10-23-16(25)12-6-7-22-15(8-12)17(26)24-14-5-3-4-13(9-14)18(19,20)21/h3-9,11H,10H2,1-2H3,(H,23,25)(H,24,26). The fourth-order valence-corrected chi connectivity index (χ4v) is 2.06. The normalized spacial score (nSPS) is 11.3. The molecule has 0 spiro atoms. The van der Waals surface area contributed by atoms with Gasteiger partial charge in [0.1, 0.15) is 5.69 Å². The molecule has 2 amide bonds. The number of hydrogen-bond donors (Lipinski definition) is 2. The summed E-state index contributed by atoms with van der Waals surface area (Å²) in [5, 5.41) is 5.07. The molecule has 0 bridgehead atoms. The summed E-state index contributed by atoms with van der Waals surface area (Å²) in [5.41, 5.74) is -0.708. The van der Waals surface area contributed by atoms with Gasteiger partial charge in [0.25, 0.3) is 11.8 Å². The number of halogens is 3. The number of benzene rings is 1. The van der Waals surface area contributed by atoms with Crippen molar-refractivity contribution in [1.29, 1.82) is 0 Å². The minimum atomic E-state index is -4.51. The van der Waals surface area contributed by atoms with Gasteiger partial charge in [-0.15, -0.1) is 0 Å². The van der Waals surface area contributed by atoms with E-state index in [2.05, 4.69) is 15.6 Å². The number of nitrogens with one attached hydrogen (secondary N) is 2. The lowest BCUT2D eigenvalue weighted by Crippen LogP contribution is -2.27. The Bertz CT molecular complexity index is 804. The second-order valence-electron chi connectivity index (χ2n) is 6.07. The first kappa shape index (κ1) is 19.4. The van der Waals surface area contributed by atoms with Gasteiger partial charge >= 0.3 is 6.18 Å². The molecule has 0 aliphatic carbocycles. The van der Waals surface area contributed by atoms with Crippen molar-refractivity contribution < 1.29 is 22.8 Å². The number of anilines is 1. The maximum absolute atomic E-state index is 12.7. The molecule has 26 heavy (non-hydrogen) atoms. The first-order valence-electron chi connectivity index (χ1n) is 7.89. The van der Waals surface area contributed by atoms with Crippen molar-refractivity contribution in [3.63, 3.8) is 0 Å². The topological polar surface area (TPSA) is 71.1 Å². The van der Waals surface area contributed by atoms with Crippen LogP contribution in [0, 0.1) is 5.92 Å². The number of pyridine rings is 1. The van der Waals surface area contributed by atoms with Gasteiger partial charge in [0, 0.05) is 24.0 Å². The van der Waals surface area contributed by atoms with Crippen molar-refractivity contribution in [3.05, 3.63) is 59.4 Å². The summed E-state index contributed by atoms with van der Waals surface area (Å²) in [7, 11) is 0. The zero-order valence-electron chi connectivity index (χ0n) is 14.2. The molecule has 5 nitrogen and oxygen atoms in total. The Morgan fingerprint density at radius 3 is 2.50 bits per heavy atom. The van der Waals surface area contributed by atoms with E-state index in [1.54, 1.807) is 0 Å². The summed E-state index contributed by atoms with van der Waals surface area (Å²) in [4.78, 5) is 28.1. The lowest BCUT2D eigenvalue weighted by atomic mass is 10.1. The Hall–Kier alpha value is -2.90. The van der Waals surface area contributed by atoms with Crippen LogP contribution in [0.1, 0.15) is 40.3 Å². The maximum atomic E-state index is 12.7. The Labute approximate surface area is 148 Å². The van der Waals surface area contributed by atoms with Gasteiger partial charge in [-0.25, -0.2) is 0 Å². The molecule has 138 valence electrons. The van der Waals surface area contributed by atoms with E-state index in [9.17, 15) is 22.8 Å². The molecule has 2 rings (SSSR count). The Morgan fingerprint density at radius 2 is 1.85 bits per heavy atom. The summed E-state index contributed by atoms with van der Waals surface area (Å²) in [6, 6.07) is 7.02. The minimum absolute atomic E-state index is 0.0127. The number of nitrogens with zero attached hydrogens (tertiary/aromatic N) is 1. The van der Waals surface area contributed by atoms with Crippen molar-refractivity contribution in [2.24, 2.45) is 5.92 Å². The van der Waals surface area contributed by atoms with E-state index in [0.717, 1.165) is 12.1 Å². The molecule has 0 aliphatic rings. The number of aromatic nitrogens is 1. The molecule has 1 aromatic heterocycles. The van der Waals surface area contributed by atoms with E-state index in [4.69, 9.17) is 0 Å². The smallest absolute Gasteiger partial charge is 0.352 e. The molecule has 0 radical (unpaired) electrons. The first-order valence-corrected chi connectivity index (χ1v) is 7.89. The van der Waals surface area contributed by atoms with Crippen LogP contribution in [0.3, 0.4) is 0 Å². The SMILES string of the molecule is CC(C)CNC(=O)c1ccnc(C(=O)Nc2cccc(C(F)(F)F)c2)c1. The molecular weight excluding hydrogens is 347 g/mol. The van der Waals surface area contributed by atoms with Crippen LogP contribution < -0.4 is 10.6 Å². The van der Waals surface area contributed by atoms with Crippen molar-refractivity contribution >= 4 is 17.5 Å². The van der Waals surface area contributed by atoms with Crippen LogP contribution in [-0.4, -0.2) is 23.3 Å². The van der Waals surface area contributed by atoms with E-state index in [-0.39, 0.29) is 28.8 Å². The quantitative estimate of drug-likeness (QED) is 0.848. The number of rotatable bonds is 5. The number of carbonyl (C=O) groups is 2. The highest BCUT2D eigenvalue weighted by molar-refractivity contribution is 6.04. The van der Waals surface area contributed by atoms with Gasteiger partial charge in [-0.2, -0.15) is 13.2 Å². The molecule has 1 heterocycles. The third-order valence-electron chi connectivity index (χ3n) is 3.37. The van der Waals surface area contributed by atoms with Gasteiger partial charge in [-0.3, -0.25) is 14.6 Å². The molecule has 0 fully saturated rings. The molecule has 2 aromatic rings. The lowest BCUT2D eigenvalue weighted by molar-refractivity contribution is -0.137. The highest BCUT2D eigenvalue weighted by Gasteiger charge is 2.30. The lowest BCUT2D eigenvalue weighted by Gasteiger charge is -2.10. The molecular formula is C18H18F3N3O2. The fraction of sp³-hybridized carbons (Fsp3) is 0.278. The van der Waals surface area contributed by atoms with Crippen LogP contribution in [0.25, 0.3) is 0 Å². The monoisotopic (exact) mass is 365 g/mol. The van der Waals surface area contributed by atoms with Crippen LogP contribution in [0.2, 0.25) is 0 Å². The van der Waals surface area contributed by atoms with E-state index in [0.29, 0.717) is 6.54 Å². The molecule has 0 unspecified atom stereocenters. The van der Waals surface area contributed by atoms with Crippen LogP contribution in [0.5, 0.6) is 0 Å². The third-order valence-corrected chi connectivity index (χ3v) is 3.37. The minimum Gasteiger partial charge on any atom is -0.352 e. The fourth-order valence-electron chi connectivity index (χ4n) is 2.06. The van der Waals surface area contributed by atoms with Crippen LogP contribution in [-0.2, 0) is 6.18 Å². The maximum Gasteiger partial charge on any atom is 0.416 e. The summed E-state index contributed by atoms with van der Waals surface area (Å²) in [5.74, 6) is -0.790. The number of amides is 2. The van der Waals surface area contributed by atoms with E-state index >= 15 is 0 Å². The highest BCUT2D eigenvalue weighted by Crippen LogP contribution is 2.30. The summed E-state index contributed by atoms with van der Waals surface area (Å²) in [6.07, 6.45) is -3.21. The number of carbonyl (C=O) groups excluding carboxylic acids is 2. The van der Waals surface area contributed by atoms with Crippen molar-refractivity contribution in [2.45, 2.75) is 20.0 Å². The Balaban J connectivity index is 2.13.